The van der Waals surface area contributed by atoms with E-state index in [0.29, 0.717) is 17.0 Å². The molecule has 10 heteroatoms. The van der Waals surface area contributed by atoms with E-state index in [9.17, 15) is 26.7 Å². The molecule has 0 bridgehead atoms. The molecule has 0 atom stereocenters. The number of halogens is 6. The van der Waals surface area contributed by atoms with Crippen molar-refractivity contribution in [3.8, 4) is 5.75 Å². The van der Waals surface area contributed by atoms with Crippen molar-refractivity contribution in [3.63, 3.8) is 0 Å². The Kier molecular flexibility index (Phi) is 6.04. The molecule has 2 rings (SSSR count). The van der Waals surface area contributed by atoms with Crippen LogP contribution in [-0.2, 0) is 4.79 Å². The molecule has 0 fully saturated rings. The molecule has 0 heterocycles. The Bertz CT molecular complexity index is 872. The van der Waals surface area contributed by atoms with Gasteiger partial charge in [-0.3, -0.25) is 4.79 Å². The van der Waals surface area contributed by atoms with Crippen LogP contribution in [0.25, 0.3) is 0 Å². The molecule has 0 aliphatic carbocycles. The molecule has 0 unspecified atom stereocenters. The molecule has 2 aromatic rings. The first-order chi connectivity index (χ1) is 12.5. The van der Waals surface area contributed by atoms with Gasteiger partial charge in [-0.2, -0.15) is 5.10 Å². The zero-order chi connectivity index (χ0) is 20.4. The number of carbonyl (C=O) groups is 1. The predicted octanol–water partition coefficient (Wildman–Crippen LogP) is 4.34. The molecular weight excluding hydrogens is 395 g/mol. The van der Waals surface area contributed by atoms with E-state index < -0.39 is 46.2 Å². The monoisotopic (exact) mass is 406 g/mol. The van der Waals surface area contributed by atoms with Crippen molar-refractivity contribution in [3.05, 3.63) is 63.9 Å². The average Bonchev–Trinajstić information content (AvgIpc) is 2.62. The first-order valence-corrected chi connectivity index (χ1v) is 7.72. The molecule has 1 N–H and O–H groups in total. The van der Waals surface area contributed by atoms with Crippen LogP contribution < -0.4 is 10.2 Å². The SMILES string of the molecule is CC(C)(Oc1ccc(Cl)cc1)C(=O)N/N=C\c1c(F)c(F)c(F)c(F)c1F. The third kappa shape index (κ3) is 4.54. The van der Waals surface area contributed by atoms with E-state index in [2.05, 4.69) is 5.10 Å². The molecule has 27 heavy (non-hydrogen) atoms. The summed E-state index contributed by atoms with van der Waals surface area (Å²) in [6, 6.07) is 6.09. The summed E-state index contributed by atoms with van der Waals surface area (Å²) in [4.78, 5) is 12.1. The molecule has 1 amide bonds. The molecule has 0 aromatic heterocycles. The summed E-state index contributed by atoms with van der Waals surface area (Å²) in [7, 11) is 0. The Hall–Kier alpha value is -2.68. The summed E-state index contributed by atoms with van der Waals surface area (Å²) in [5.74, 6) is -11.2. The third-order valence-electron chi connectivity index (χ3n) is 3.34. The average molecular weight is 407 g/mol. The maximum atomic E-state index is 13.5. The maximum Gasteiger partial charge on any atom is 0.283 e. The summed E-state index contributed by atoms with van der Waals surface area (Å²) in [5, 5.41) is 3.69. The van der Waals surface area contributed by atoms with E-state index in [-0.39, 0.29) is 0 Å². The second-order valence-corrected chi connectivity index (χ2v) is 6.19. The van der Waals surface area contributed by atoms with Gasteiger partial charge < -0.3 is 4.74 Å². The highest BCUT2D eigenvalue weighted by molar-refractivity contribution is 6.30. The minimum Gasteiger partial charge on any atom is -0.478 e. The summed E-state index contributed by atoms with van der Waals surface area (Å²) >= 11 is 5.74. The number of hydrazone groups is 1. The van der Waals surface area contributed by atoms with E-state index in [1.807, 2.05) is 5.43 Å². The van der Waals surface area contributed by atoms with Gasteiger partial charge in [0.05, 0.1) is 11.8 Å². The van der Waals surface area contributed by atoms with E-state index >= 15 is 0 Å². The Labute approximate surface area is 155 Å². The van der Waals surface area contributed by atoms with Crippen LogP contribution in [0.15, 0.2) is 29.4 Å². The molecule has 0 saturated carbocycles. The zero-order valence-corrected chi connectivity index (χ0v) is 14.7. The molecular formula is C17H12ClF5N2O2. The molecule has 4 nitrogen and oxygen atoms in total. The number of carbonyl (C=O) groups excluding carboxylic acids is 1. The fourth-order valence-corrected chi connectivity index (χ4v) is 1.99. The molecule has 0 aliphatic heterocycles. The van der Waals surface area contributed by atoms with Crippen molar-refractivity contribution >= 4 is 23.7 Å². The van der Waals surface area contributed by atoms with Crippen LogP contribution in [0.1, 0.15) is 19.4 Å². The van der Waals surface area contributed by atoms with Crippen molar-refractivity contribution in [1.29, 1.82) is 0 Å². The van der Waals surface area contributed by atoms with Crippen LogP contribution in [0, 0.1) is 29.1 Å². The molecule has 144 valence electrons. The van der Waals surface area contributed by atoms with Gasteiger partial charge in [0.15, 0.2) is 28.9 Å². The van der Waals surface area contributed by atoms with Gasteiger partial charge in [-0.15, -0.1) is 0 Å². The van der Waals surface area contributed by atoms with Crippen molar-refractivity contribution < 1.29 is 31.5 Å². The molecule has 0 radical (unpaired) electrons. The zero-order valence-electron chi connectivity index (χ0n) is 13.9. The Morgan fingerprint density at radius 1 is 1.00 bits per heavy atom. The first kappa shape index (κ1) is 20.6. The van der Waals surface area contributed by atoms with Gasteiger partial charge in [-0.25, -0.2) is 27.4 Å². The highest BCUT2D eigenvalue weighted by Crippen LogP contribution is 2.22. The van der Waals surface area contributed by atoms with Gasteiger partial charge in [0.1, 0.15) is 5.75 Å². The lowest BCUT2D eigenvalue weighted by Gasteiger charge is -2.24. The number of amides is 1. The first-order valence-electron chi connectivity index (χ1n) is 7.34. The van der Waals surface area contributed by atoms with E-state index in [1.54, 1.807) is 0 Å². The van der Waals surface area contributed by atoms with Crippen molar-refractivity contribution in [1.82, 2.24) is 5.43 Å². The van der Waals surface area contributed by atoms with Crippen LogP contribution in [0.2, 0.25) is 5.02 Å². The second-order valence-electron chi connectivity index (χ2n) is 5.75. The van der Waals surface area contributed by atoms with Crippen molar-refractivity contribution in [2.24, 2.45) is 5.10 Å². The molecule has 0 saturated heterocycles. The van der Waals surface area contributed by atoms with Crippen LogP contribution in [0.3, 0.4) is 0 Å². The van der Waals surface area contributed by atoms with Gasteiger partial charge in [0, 0.05) is 5.02 Å². The minimum absolute atomic E-state index is 0.309. The fraction of sp³-hybridized carbons (Fsp3) is 0.176. The largest absolute Gasteiger partial charge is 0.478 e. The number of hydrogen-bond donors (Lipinski definition) is 1. The number of benzene rings is 2. The van der Waals surface area contributed by atoms with Gasteiger partial charge in [-0.05, 0) is 38.1 Å². The van der Waals surface area contributed by atoms with Crippen LogP contribution in [0.4, 0.5) is 22.0 Å². The van der Waals surface area contributed by atoms with E-state index in [1.165, 1.54) is 38.1 Å². The summed E-state index contributed by atoms with van der Waals surface area (Å²) in [6.45, 7) is 2.76. The standard InChI is InChI=1S/C17H12ClF5N2O2/c1-17(2,27-9-5-3-8(18)4-6-9)16(26)25-24-7-10-11(19)13(21)15(23)14(22)12(10)20/h3-7H,1-2H3,(H,25,26)/b24-7-. The normalized spacial score (nSPS) is 11.7. The lowest BCUT2D eigenvalue weighted by Crippen LogP contribution is -2.44. The van der Waals surface area contributed by atoms with Gasteiger partial charge in [0.25, 0.3) is 5.91 Å². The lowest BCUT2D eigenvalue weighted by molar-refractivity contribution is -0.134. The number of rotatable bonds is 5. The quantitative estimate of drug-likeness (QED) is 0.264. The van der Waals surface area contributed by atoms with Gasteiger partial charge in [0.2, 0.25) is 5.82 Å². The molecule has 2 aromatic carbocycles. The minimum atomic E-state index is -2.29. The Morgan fingerprint density at radius 3 is 2.00 bits per heavy atom. The van der Waals surface area contributed by atoms with E-state index in [0.717, 1.165) is 0 Å². The molecule has 0 aliphatic rings. The number of ether oxygens (including phenoxy) is 1. The topological polar surface area (TPSA) is 50.7 Å². The summed E-state index contributed by atoms with van der Waals surface area (Å²) in [5.41, 5.74) is -0.841. The van der Waals surface area contributed by atoms with Crippen molar-refractivity contribution in [2.75, 3.05) is 0 Å². The summed E-state index contributed by atoms with van der Waals surface area (Å²) < 4.78 is 71.7. The number of nitrogens with zero attached hydrogens (tertiary/aromatic N) is 1. The van der Waals surface area contributed by atoms with Gasteiger partial charge in [-0.1, -0.05) is 11.6 Å². The highest BCUT2D eigenvalue weighted by Gasteiger charge is 2.30. The van der Waals surface area contributed by atoms with Gasteiger partial charge >= 0.3 is 0 Å². The second kappa shape index (κ2) is 7.91. The predicted molar refractivity (Wildman–Crippen MR) is 88.1 cm³/mol. The van der Waals surface area contributed by atoms with Crippen LogP contribution in [0.5, 0.6) is 5.75 Å². The van der Waals surface area contributed by atoms with E-state index in [4.69, 9.17) is 16.3 Å². The summed E-state index contributed by atoms with van der Waals surface area (Å²) in [6.07, 6.45) is 0.312. The Morgan fingerprint density at radius 2 is 1.48 bits per heavy atom. The Balaban J connectivity index is 2.14. The highest BCUT2D eigenvalue weighted by atomic mass is 35.5. The van der Waals surface area contributed by atoms with Crippen LogP contribution in [-0.4, -0.2) is 17.7 Å². The number of nitrogens with one attached hydrogen (secondary N) is 1. The third-order valence-corrected chi connectivity index (χ3v) is 3.59. The fourth-order valence-electron chi connectivity index (χ4n) is 1.87. The lowest BCUT2D eigenvalue weighted by atomic mass is 10.1. The smallest absolute Gasteiger partial charge is 0.283 e. The number of hydrogen-bond acceptors (Lipinski definition) is 3. The van der Waals surface area contributed by atoms with Crippen molar-refractivity contribution in [2.45, 2.75) is 19.4 Å². The molecule has 0 spiro atoms. The van der Waals surface area contributed by atoms with Crippen LogP contribution >= 0.6 is 11.6 Å². The maximum absolute atomic E-state index is 13.5.